The highest BCUT2D eigenvalue weighted by Gasteiger charge is 2.64. The van der Waals surface area contributed by atoms with Crippen molar-refractivity contribution in [3.05, 3.63) is 23.3 Å². The van der Waals surface area contributed by atoms with Gasteiger partial charge in [0.25, 0.3) is 5.91 Å². The lowest BCUT2D eigenvalue weighted by Gasteiger charge is -2.45. The number of nitrogens with one attached hydrogen (secondary N) is 1. The lowest BCUT2D eigenvalue weighted by atomic mass is 9.63. The van der Waals surface area contributed by atoms with Crippen molar-refractivity contribution in [2.45, 2.75) is 90.6 Å². The molecule has 6 nitrogen and oxygen atoms in total. The average molecular weight is 420 g/mol. The molecule has 3 N–H and O–H groups in total. The molecule has 1 saturated heterocycles. The summed E-state index contributed by atoms with van der Waals surface area (Å²) < 4.78 is 6.04. The van der Waals surface area contributed by atoms with Crippen molar-refractivity contribution in [1.29, 1.82) is 0 Å². The highest BCUT2D eigenvalue weighted by atomic mass is 16.6. The van der Waals surface area contributed by atoms with Crippen LogP contribution in [-0.4, -0.2) is 45.9 Å². The molecule has 6 heteroatoms. The van der Waals surface area contributed by atoms with E-state index >= 15 is 0 Å². The van der Waals surface area contributed by atoms with Crippen molar-refractivity contribution in [2.75, 3.05) is 0 Å². The van der Waals surface area contributed by atoms with Crippen LogP contribution in [0.15, 0.2) is 23.3 Å². The molecule has 3 rings (SSSR count). The molecule has 0 radical (unpaired) electrons. The van der Waals surface area contributed by atoms with Gasteiger partial charge in [-0.1, -0.05) is 44.1 Å². The van der Waals surface area contributed by atoms with Crippen LogP contribution >= 0.6 is 0 Å². The maximum absolute atomic E-state index is 13.5. The van der Waals surface area contributed by atoms with Gasteiger partial charge in [0.05, 0.1) is 18.6 Å². The van der Waals surface area contributed by atoms with E-state index in [0.29, 0.717) is 18.8 Å². The summed E-state index contributed by atoms with van der Waals surface area (Å²) in [5.74, 6) is -0.944. The Kier molecular flexibility index (Phi) is 6.78. The van der Waals surface area contributed by atoms with Crippen LogP contribution in [0.3, 0.4) is 0 Å². The zero-order valence-corrected chi connectivity index (χ0v) is 18.9. The minimum Gasteiger partial charge on any atom is -0.447 e. The fraction of sp³-hybridized carbons (Fsp3) is 0.750. The van der Waals surface area contributed by atoms with E-state index in [-0.39, 0.29) is 36.1 Å². The molecule has 0 aromatic carbocycles. The van der Waals surface area contributed by atoms with Gasteiger partial charge >= 0.3 is 5.97 Å². The van der Waals surface area contributed by atoms with Gasteiger partial charge in [0.1, 0.15) is 0 Å². The van der Waals surface area contributed by atoms with Gasteiger partial charge in [0.2, 0.25) is 5.60 Å². The van der Waals surface area contributed by atoms with E-state index < -0.39 is 23.8 Å². The minimum atomic E-state index is -1.32. The molecule has 2 heterocycles. The first kappa shape index (κ1) is 23.0. The second kappa shape index (κ2) is 8.83. The molecule has 0 saturated carbocycles. The van der Waals surface area contributed by atoms with Crippen LogP contribution in [-0.2, 0) is 14.3 Å². The van der Waals surface area contributed by atoms with Crippen molar-refractivity contribution in [3.63, 3.8) is 0 Å². The van der Waals surface area contributed by atoms with Gasteiger partial charge < -0.3 is 20.3 Å². The summed E-state index contributed by atoms with van der Waals surface area (Å²) in [5.41, 5.74) is 0.976. The van der Waals surface area contributed by atoms with Crippen LogP contribution in [0.5, 0.6) is 0 Å². The predicted molar refractivity (Wildman–Crippen MR) is 114 cm³/mol. The summed E-state index contributed by atoms with van der Waals surface area (Å²) in [5, 5.41) is 23.6. The Bertz CT molecular complexity index is 742. The SMILES string of the molecule is CC1=C[C@H]2C=C(C)[C@@H](C)[C@H]3[C@H](CC(C)C)NC(=O)[C@@]23OC(=O)C[C@@H](O)[C@H](O)CCC1. The first-order valence-corrected chi connectivity index (χ1v) is 11.3. The lowest BCUT2D eigenvalue weighted by molar-refractivity contribution is -0.179. The lowest BCUT2D eigenvalue weighted by Crippen LogP contribution is -2.56. The van der Waals surface area contributed by atoms with Gasteiger partial charge in [-0.15, -0.1) is 0 Å². The van der Waals surface area contributed by atoms with E-state index in [1.807, 2.05) is 6.92 Å². The molecule has 0 aromatic rings. The summed E-state index contributed by atoms with van der Waals surface area (Å²) in [4.78, 5) is 26.3. The molecule has 0 aromatic heterocycles. The zero-order chi connectivity index (χ0) is 22.2. The third-order valence-electron chi connectivity index (χ3n) is 7.16. The highest BCUT2D eigenvalue weighted by Crippen LogP contribution is 2.51. The second-order valence-electron chi connectivity index (χ2n) is 9.97. The Morgan fingerprint density at radius 3 is 2.57 bits per heavy atom. The normalized spacial score (nSPS) is 40.3. The van der Waals surface area contributed by atoms with Crippen LogP contribution in [0, 0.1) is 23.7 Å². The van der Waals surface area contributed by atoms with Crippen molar-refractivity contribution < 1.29 is 24.5 Å². The number of aliphatic hydroxyl groups excluding tert-OH is 2. The summed E-state index contributed by atoms with van der Waals surface area (Å²) in [6, 6.07) is -0.0800. The topological polar surface area (TPSA) is 95.9 Å². The minimum absolute atomic E-state index is 0.0777. The molecule has 3 aliphatic rings. The Morgan fingerprint density at radius 2 is 1.90 bits per heavy atom. The van der Waals surface area contributed by atoms with Gasteiger partial charge in [-0.3, -0.25) is 9.59 Å². The van der Waals surface area contributed by atoms with E-state index in [1.54, 1.807) is 0 Å². The smallest absolute Gasteiger partial charge is 0.309 e. The zero-order valence-electron chi connectivity index (χ0n) is 18.9. The number of aliphatic hydroxyl groups is 2. The van der Waals surface area contributed by atoms with Gasteiger partial charge in [-0.2, -0.15) is 0 Å². The summed E-state index contributed by atoms with van der Waals surface area (Å²) in [7, 11) is 0. The molecule has 30 heavy (non-hydrogen) atoms. The summed E-state index contributed by atoms with van der Waals surface area (Å²) in [6.45, 7) is 10.4. The second-order valence-corrected chi connectivity index (χ2v) is 9.97. The molecule has 7 atom stereocenters. The first-order chi connectivity index (χ1) is 14.1. The van der Waals surface area contributed by atoms with Crippen LogP contribution in [0.25, 0.3) is 0 Å². The number of carbonyl (C=O) groups excluding carboxylic acids is 2. The maximum Gasteiger partial charge on any atom is 0.309 e. The van der Waals surface area contributed by atoms with Crippen molar-refractivity contribution in [3.8, 4) is 0 Å². The third kappa shape index (κ3) is 4.22. The first-order valence-electron chi connectivity index (χ1n) is 11.3. The molecular formula is C24H37NO5. The van der Waals surface area contributed by atoms with E-state index in [9.17, 15) is 19.8 Å². The number of allylic oxidation sites excluding steroid dienone is 2. The van der Waals surface area contributed by atoms with Crippen LogP contribution in [0.2, 0.25) is 0 Å². The number of carbonyl (C=O) groups is 2. The van der Waals surface area contributed by atoms with E-state index in [2.05, 4.69) is 45.2 Å². The standard InChI is InChI=1S/C24H37NO5/c1-13(2)9-18-22-16(5)15(4)11-17-10-14(3)7-6-8-19(26)20(27)12-21(28)30-24(17,22)23(29)25-18/h10-11,13,16-20,22,26-27H,6-9,12H2,1-5H3,(H,25,29)/t16-,17+,18+,19-,20-,22+,24-/m1/s1. The average Bonchev–Trinajstić information content (AvgIpc) is 2.90. The number of ether oxygens (including phenoxy) is 1. The third-order valence-corrected chi connectivity index (χ3v) is 7.16. The Hall–Kier alpha value is -1.66. The number of hydrogen-bond acceptors (Lipinski definition) is 5. The fourth-order valence-electron chi connectivity index (χ4n) is 5.53. The summed E-state index contributed by atoms with van der Waals surface area (Å²) >= 11 is 0. The number of hydrogen-bond donors (Lipinski definition) is 3. The molecule has 1 aliphatic carbocycles. The number of amides is 1. The summed E-state index contributed by atoms with van der Waals surface area (Å²) in [6.07, 6.45) is 4.35. The monoisotopic (exact) mass is 419 g/mol. The molecule has 0 unspecified atom stereocenters. The van der Waals surface area contributed by atoms with Gasteiger partial charge in [0.15, 0.2) is 0 Å². The van der Waals surface area contributed by atoms with Gasteiger partial charge in [0, 0.05) is 17.9 Å². The fourth-order valence-corrected chi connectivity index (χ4v) is 5.53. The van der Waals surface area contributed by atoms with E-state index in [1.165, 1.54) is 5.57 Å². The predicted octanol–water partition coefficient (Wildman–Crippen LogP) is 2.88. The Labute approximate surface area is 179 Å². The van der Waals surface area contributed by atoms with Crippen LogP contribution in [0.4, 0.5) is 0 Å². The molecular weight excluding hydrogens is 382 g/mol. The van der Waals surface area contributed by atoms with Crippen LogP contribution < -0.4 is 5.32 Å². The molecule has 168 valence electrons. The highest BCUT2D eigenvalue weighted by molar-refractivity contribution is 5.92. The van der Waals surface area contributed by atoms with Gasteiger partial charge in [-0.25, -0.2) is 0 Å². The number of esters is 1. The van der Waals surface area contributed by atoms with Crippen molar-refractivity contribution in [2.24, 2.45) is 23.7 Å². The van der Waals surface area contributed by atoms with E-state index in [0.717, 1.165) is 18.4 Å². The van der Waals surface area contributed by atoms with Gasteiger partial charge in [-0.05, 0) is 51.4 Å². The van der Waals surface area contributed by atoms with Crippen LogP contribution in [0.1, 0.15) is 66.7 Å². The molecule has 1 fully saturated rings. The largest absolute Gasteiger partial charge is 0.447 e. The van der Waals surface area contributed by atoms with Crippen molar-refractivity contribution >= 4 is 11.9 Å². The quantitative estimate of drug-likeness (QED) is 0.472. The van der Waals surface area contributed by atoms with E-state index in [4.69, 9.17) is 4.74 Å². The molecule has 1 amide bonds. The molecule has 0 bridgehead atoms. The Morgan fingerprint density at radius 1 is 1.20 bits per heavy atom. The van der Waals surface area contributed by atoms with Crippen molar-refractivity contribution in [1.82, 2.24) is 5.32 Å². The molecule has 1 spiro atoms. The number of rotatable bonds is 2. The maximum atomic E-state index is 13.5. The Balaban J connectivity index is 2.11. The molecule has 2 aliphatic heterocycles.